The van der Waals surface area contributed by atoms with Crippen molar-refractivity contribution in [3.8, 4) is 0 Å². The van der Waals surface area contributed by atoms with Crippen LogP contribution in [0.25, 0.3) is 0 Å². The largest absolute Gasteiger partial charge is 0.338 e. The average Bonchev–Trinajstić information content (AvgIpc) is 2.93. The SMILES string of the molecule is CNCC1CCCN1C(=O)CCN1CCCS1(=O)=O. The second-order valence-corrected chi connectivity index (χ2v) is 7.35. The third-order valence-electron chi connectivity index (χ3n) is 3.92. The standard InChI is InChI=1S/C12H23N3O3S/c1-13-10-11-4-2-7-15(11)12(16)5-8-14-6-3-9-19(14,17)18/h11,13H,2-10H2,1H3. The van der Waals surface area contributed by atoms with E-state index in [1.807, 2.05) is 11.9 Å². The molecule has 2 heterocycles. The molecule has 7 heteroatoms. The predicted octanol–water partition coefficient (Wildman–Crippen LogP) is -0.378. The van der Waals surface area contributed by atoms with Crippen molar-refractivity contribution in [2.24, 2.45) is 0 Å². The van der Waals surface area contributed by atoms with Gasteiger partial charge >= 0.3 is 0 Å². The average molecular weight is 289 g/mol. The van der Waals surface area contributed by atoms with Gasteiger partial charge in [-0.1, -0.05) is 0 Å². The highest BCUT2D eigenvalue weighted by atomic mass is 32.2. The van der Waals surface area contributed by atoms with Gasteiger partial charge in [0, 0.05) is 38.6 Å². The van der Waals surface area contributed by atoms with Crippen LogP contribution in [0.5, 0.6) is 0 Å². The lowest BCUT2D eigenvalue weighted by atomic mass is 10.2. The number of sulfonamides is 1. The first-order valence-corrected chi connectivity index (χ1v) is 8.57. The monoisotopic (exact) mass is 289 g/mol. The van der Waals surface area contributed by atoms with E-state index in [1.54, 1.807) is 0 Å². The molecule has 2 saturated heterocycles. The van der Waals surface area contributed by atoms with Crippen LogP contribution in [0.1, 0.15) is 25.7 Å². The Bertz CT molecular complexity index is 424. The number of nitrogens with zero attached hydrogens (tertiary/aromatic N) is 2. The molecular weight excluding hydrogens is 266 g/mol. The Labute approximate surface area is 115 Å². The Morgan fingerprint density at radius 1 is 1.32 bits per heavy atom. The fourth-order valence-corrected chi connectivity index (χ4v) is 4.45. The molecule has 0 saturated carbocycles. The van der Waals surface area contributed by atoms with Crippen LogP contribution in [-0.4, -0.2) is 68.6 Å². The highest BCUT2D eigenvalue weighted by Crippen LogP contribution is 2.19. The molecule has 2 fully saturated rings. The Morgan fingerprint density at radius 3 is 2.74 bits per heavy atom. The molecule has 0 radical (unpaired) electrons. The molecule has 1 unspecified atom stereocenters. The summed E-state index contributed by atoms with van der Waals surface area (Å²) in [7, 11) is -1.19. The molecule has 0 spiro atoms. The topological polar surface area (TPSA) is 69.7 Å². The third kappa shape index (κ3) is 3.46. The van der Waals surface area contributed by atoms with Crippen LogP contribution in [0.2, 0.25) is 0 Å². The van der Waals surface area contributed by atoms with E-state index < -0.39 is 10.0 Å². The van der Waals surface area contributed by atoms with Gasteiger partial charge in [-0.15, -0.1) is 0 Å². The Kier molecular flexibility index (Phi) is 4.81. The van der Waals surface area contributed by atoms with Crippen molar-refractivity contribution in [2.75, 3.05) is 39.0 Å². The predicted molar refractivity (Wildman–Crippen MR) is 73.3 cm³/mol. The number of amides is 1. The first kappa shape index (κ1) is 14.7. The summed E-state index contributed by atoms with van der Waals surface area (Å²) >= 11 is 0. The number of hydrogen-bond donors (Lipinski definition) is 1. The van der Waals surface area contributed by atoms with Crippen LogP contribution in [0.15, 0.2) is 0 Å². The van der Waals surface area contributed by atoms with Gasteiger partial charge in [0.25, 0.3) is 0 Å². The quantitative estimate of drug-likeness (QED) is 0.749. The maximum Gasteiger partial charge on any atom is 0.224 e. The zero-order valence-corrected chi connectivity index (χ0v) is 12.3. The molecule has 6 nitrogen and oxygen atoms in total. The van der Waals surface area contributed by atoms with Crippen LogP contribution in [0.4, 0.5) is 0 Å². The lowest BCUT2D eigenvalue weighted by Crippen LogP contribution is -2.42. The van der Waals surface area contributed by atoms with Crippen molar-refractivity contribution in [3.63, 3.8) is 0 Å². The van der Waals surface area contributed by atoms with Crippen LogP contribution >= 0.6 is 0 Å². The van der Waals surface area contributed by atoms with E-state index in [2.05, 4.69) is 5.32 Å². The summed E-state index contributed by atoms with van der Waals surface area (Å²) < 4.78 is 24.8. The van der Waals surface area contributed by atoms with Gasteiger partial charge in [-0.3, -0.25) is 4.79 Å². The molecule has 0 aromatic carbocycles. The number of nitrogens with one attached hydrogen (secondary N) is 1. The van der Waals surface area contributed by atoms with Gasteiger partial charge in [-0.05, 0) is 26.3 Å². The number of likely N-dealkylation sites (tertiary alicyclic amines) is 1. The Balaban J connectivity index is 1.84. The highest BCUT2D eigenvalue weighted by molar-refractivity contribution is 7.89. The summed E-state index contributed by atoms with van der Waals surface area (Å²) in [4.78, 5) is 14.1. The highest BCUT2D eigenvalue weighted by Gasteiger charge is 2.31. The zero-order chi connectivity index (χ0) is 13.9. The fourth-order valence-electron chi connectivity index (χ4n) is 2.92. The van der Waals surface area contributed by atoms with Crippen molar-refractivity contribution >= 4 is 15.9 Å². The van der Waals surface area contributed by atoms with Gasteiger partial charge < -0.3 is 10.2 Å². The summed E-state index contributed by atoms with van der Waals surface area (Å²) in [6.45, 7) is 2.52. The van der Waals surface area contributed by atoms with Gasteiger partial charge in [-0.2, -0.15) is 0 Å². The van der Waals surface area contributed by atoms with Crippen LogP contribution in [-0.2, 0) is 14.8 Å². The number of rotatable bonds is 5. The molecule has 1 amide bonds. The molecule has 0 bridgehead atoms. The van der Waals surface area contributed by atoms with E-state index in [4.69, 9.17) is 0 Å². The van der Waals surface area contributed by atoms with Gasteiger partial charge in [0.15, 0.2) is 0 Å². The summed E-state index contributed by atoms with van der Waals surface area (Å²) in [5, 5.41) is 3.10. The van der Waals surface area contributed by atoms with Gasteiger partial charge in [0.1, 0.15) is 0 Å². The number of hydrogen-bond acceptors (Lipinski definition) is 4. The minimum atomic E-state index is -3.08. The summed E-state index contributed by atoms with van der Waals surface area (Å²) in [5.74, 6) is 0.313. The van der Waals surface area contributed by atoms with Gasteiger partial charge in [-0.25, -0.2) is 12.7 Å². The Morgan fingerprint density at radius 2 is 2.11 bits per heavy atom. The lowest BCUT2D eigenvalue weighted by Gasteiger charge is -2.25. The summed E-state index contributed by atoms with van der Waals surface area (Å²) in [6.07, 6.45) is 3.07. The van der Waals surface area contributed by atoms with Crippen LogP contribution < -0.4 is 5.32 Å². The summed E-state index contributed by atoms with van der Waals surface area (Å²) in [6, 6.07) is 0.271. The zero-order valence-electron chi connectivity index (χ0n) is 11.5. The maximum absolute atomic E-state index is 12.2. The molecule has 1 atom stereocenters. The first-order valence-electron chi connectivity index (χ1n) is 6.96. The minimum Gasteiger partial charge on any atom is -0.338 e. The smallest absolute Gasteiger partial charge is 0.224 e. The number of carbonyl (C=O) groups excluding carboxylic acids is 1. The van der Waals surface area contributed by atoms with Crippen LogP contribution in [0, 0.1) is 0 Å². The molecule has 0 aliphatic carbocycles. The maximum atomic E-state index is 12.2. The molecule has 2 aliphatic rings. The van der Waals surface area contributed by atoms with Crippen molar-refractivity contribution in [3.05, 3.63) is 0 Å². The van der Waals surface area contributed by atoms with Crippen molar-refractivity contribution in [1.82, 2.24) is 14.5 Å². The third-order valence-corrected chi connectivity index (χ3v) is 5.87. The molecular formula is C12H23N3O3S. The summed E-state index contributed by atoms with van der Waals surface area (Å²) in [5.41, 5.74) is 0. The fraction of sp³-hybridized carbons (Fsp3) is 0.917. The lowest BCUT2D eigenvalue weighted by molar-refractivity contribution is -0.132. The van der Waals surface area contributed by atoms with E-state index in [0.717, 1.165) is 25.9 Å². The van der Waals surface area contributed by atoms with E-state index >= 15 is 0 Å². The van der Waals surface area contributed by atoms with Crippen molar-refractivity contribution in [2.45, 2.75) is 31.7 Å². The molecule has 1 N–H and O–H groups in total. The Hall–Kier alpha value is -0.660. The molecule has 110 valence electrons. The molecule has 0 aromatic heterocycles. The number of likely N-dealkylation sites (N-methyl/N-ethyl adjacent to an activating group) is 1. The van der Waals surface area contributed by atoms with E-state index in [9.17, 15) is 13.2 Å². The second kappa shape index (κ2) is 6.19. The molecule has 2 rings (SSSR count). The first-order chi connectivity index (χ1) is 9.04. The molecule has 0 aromatic rings. The van der Waals surface area contributed by atoms with E-state index in [0.29, 0.717) is 25.9 Å². The van der Waals surface area contributed by atoms with Gasteiger partial charge in [0.05, 0.1) is 5.75 Å². The minimum absolute atomic E-state index is 0.0832. The van der Waals surface area contributed by atoms with Crippen molar-refractivity contribution in [1.29, 1.82) is 0 Å². The van der Waals surface area contributed by atoms with E-state index in [1.165, 1.54) is 4.31 Å². The molecule has 2 aliphatic heterocycles. The van der Waals surface area contributed by atoms with Crippen LogP contribution in [0.3, 0.4) is 0 Å². The second-order valence-electron chi connectivity index (χ2n) is 5.26. The molecule has 19 heavy (non-hydrogen) atoms. The number of carbonyl (C=O) groups is 1. The van der Waals surface area contributed by atoms with Gasteiger partial charge in [0.2, 0.25) is 15.9 Å². The van der Waals surface area contributed by atoms with E-state index in [-0.39, 0.29) is 17.7 Å². The van der Waals surface area contributed by atoms with Crippen molar-refractivity contribution < 1.29 is 13.2 Å². The normalized spacial score (nSPS) is 27.0.